The normalized spacial score (nSPS) is 11.5. The van der Waals surface area contributed by atoms with Gasteiger partial charge in [0.1, 0.15) is 10.7 Å². The Balaban J connectivity index is 2.35. The first-order chi connectivity index (χ1) is 12.2. The monoisotopic (exact) mass is 388 g/mol. The predicted molar refractivity (Wildman–Crippen MR) is 103 cm³/mol. The summed E-state index contributed by atoms with van der Waals surface area (Å²) < 4.78 is 24.1. The van der Waals surface area contributed by atoms with Crippen molar-refractivity contribution in [3.63, 3.8) is 0 Å². The molecule has 0 atom stereocenters. The molecule has 1 aromatic carbocycles. The average molecular weight is 389 g/mol. The summed E-state index contributed by atoms with van der Waals surface area (Å²) in [5, 5.41) is 5.41. The zero-order valence-electron chi connectivity index (χ0n) is 14.2. The van der Waals surface area contributed by atoms with Crippen LogP contribution in [0.2, 0.25) is 5.02 Å². The van der Waals surface area contributed by atoms with Gasteiger partial charge in [0, 0.05) is 23.0 Å². The summed E-state index contributed by atoms with van der Waals surface area (Å²) in [5.41, 5.74) is 9.72. The Hall–Kier alpha value is -2.48. The van der Waals surface area contributed by atoms with Crippen LogP contribution in [0.1, 0.15) is 11.3 Å². The molecule has 0 bridgehead atoms. The molecule has 0 saturated heterocycles. The van der Waals surface area contributed by atoms with Crippen LogP contribution in [-0.4, -0.2) is 18.4 Å². The third kappa shape index (κ3) is 3.55. The Morgan fingerprint density at radius 3 is 2.42 bits per heavy atom. The maximum atomic E-state index is 12.1. The SMILES string of the molecule is Cc1cccc(-c2cc(-c3cnc(N)cc3C)cc(S(N)(=O)=O)c2Cl)n1. The first-order valence-electron chi connectivity index (χ1n) is 7.69. The summed E-state index contributed by atoms with van der Waals surface area (Å²) in [4.78, 5) is 8.38. The number of hydrogen-bond acceptors (Lipinski definition) is 5. The molecule has 0 spiro atoms. The van der Waals surface area contributed by atoms with E-state index in [1.807, 2.05) is 26.0 Å². The van der Waals surface area contributed by atoms with Crippen molar-refractivity contribution in [3.05, 3.63) is 58.9 Å². The lowest BCUT2D eigenvalue weighted by Crippen LogP contribution is -2.13. The number of aryl methyl sites for hydroxylation is 2. The summed E-state index contributed by atoms with van der Waals surface area (Å²) in [5.74, 6) is 0.382. The molecule has 0 aliphatic rings. The molecule has 0 radical (unpaired) electrons. The number of rotatable bonds is 3. The Bertz CT molecular complexity index is 1110. The van der Waals surface area contributed by atoms with Crippen LogP contribution < -0.4 is 10.9 Å². The molecule has 4 N–H and O–H groups in total. The molecule has 0 saturated carbocycles. The van der Waals surface area contributed by atoms with Gasteiger partial charge in [-0.25, -0.2) is 18.5 Å². The van der Waals surface area contributed by atoms with Gasteiger partial charge in [0.15, 0.2) is 0 Å². The largest absolute Gasteiger partial charge is 0.384 e. The van der Waals surface area contributed by atoms with Crippen molar-refractivity contribution in [1.82, 2.24) is 9.97 Å². The zero-order chi connectivity index (χ0) is 19.1. The molecule has 0 unspecified atom stereocenters. The molecule has 3 aromatic rings. The number of pyridine rings is 2. The van der Waals surface area contributed by atoms with E-state index >= 15 is 0 Å². The van der Waals surface area contributed by atoms with Gasteiger partial charge in [-0.15, -0.1) is 0 Å². The highest BCUT2D eigenvalue weighted by Crippen LogP contribution is 2.37. The first-order valence-corrected chi connectivity index (χ1v) is 9.62. The summed E-state index contributed by atoms with van der Waals surface area (Å²) in [7, 11) is -4.03. The Kier molecular flexibility index (Phi) is 4.70. The van der Waals surface area contributed by atoms with Gasteiger partial charge < -0.3 is 5.73 Å². The number of halogens is 1. The van der Waals surface area contributed by atoms with Crippen LogP contribution in [-0.2, 0) is 10.0 Å². The zero-order valence-corrected chi connectivity index (χ0v) is 15.8. The number of sulfonamides is 1. The van der Waals surface area contributed by atoms with Gasteiger partial charge in [0.25, 0.3) is 0 Å². The van der Waals surface area contributed by atoms with E-state index in [1.54, 1.807) is 24.4 Å². The number of primary sulfonamides is 1. The van der Waals surface area contributed by atoms with Gasteiger partial charge in [-0.3, -0.25) is 4.98 Å². The van der Waals surface area contributed by atoms with Crippen LogP contribution in [0.15, 0.2) is 47.5 Å². The summed E-state index contributed by atoms with van der Waals surface area (Å²) >= 11 is 6.37. The average Bonchev–Trinajstić information content (AvgIpc) is 2.54. The highest BCUT2D eigenvalue weighted by Gasteiger charge is 2.20. The van der Waals surface area contributed by atoms with E-state index in [0.29, 0.717) is 22.6 Å². The molecule has 26 heavy (non-hydrogen) atoms. The second kappa shape index (κ2) is 6.68. The maximum Gasteiger partial charge on any atom is 0.239 e. The molecule has 2 aromatic heterocycles. The minimum atomic E-state index is -4.03. The predicted octanol–water partition coefficient (Wildman–Crippen LogP) is 3.31. The van der Waals surface area contributed by atoms with Crippen molar-refractivity contribution in [2.24, 2.45) is 5.14 Å². The van der Waals surface area contributed by atoms with Crippen LogP contribution >= 0.6 is 11.6 Å². The molecular formula is C18H17ClN4O2S. The van der Waals surface area contributed by atoms with E-state index in [-0.39, 0.29) is 9.92 Å². The van der Waals surface area contributed by atoms with Crippen molar-refractivity contribution in [1.29, 1.82) is 0 Å². The maximum absolute atomic E-state index is 12.1. The van der Waals surface area contributed by atoms with E-state index in [9.17, 15) is 8.42 Å². The number of benzene rings is 1. The summed E-state index contributed by atoms with van der Waals surface area (Å²) in [6, 6.07) is 10.4. The van der Waals surface area contributed by atoms with Crippen molar-refractivity contribution in [2.75, 3.05) is 5.73 Å². The quantitative estimate of drug-likeness (QED) is 0.714. The number of aromatic nitrogens is 2. The first kappa shape index (κ1) is 18.3. The fraction of sp³-hybridized carbons (Fsp3) is 0.111. The smallest absolute Gasteiger partial charge is 0.239 e. The van der Waals surface area contributed by atoms with E-state index in [0.717, 1.165) is 16.8 Å². The molecular weight excluding hydrogens is 372 g/mol. The fourth-order valence-corrected chi connectivity index (χ4v) is 3.90. The fourth-order valence-electron chi connectivity index (χ4n) is 2.72. The van der Waals surface area contributed by atoms with Crippen LogP contribution in [0.4, 0.5) is 5.82 Å². The topological polar surface area (TPSA) is 112 Å². The molecule has 0 aliphatic carbocycles. The summed E-state index contributed by atoms with van der Waals surface area (Å²) in [6.45, 7) is 3.71. The third-order valence-corrected chi connectivity index (χ3v) is 5.41. The second-order valence-corrected chi connectivity index (χ2v) is 7.88. The minimum absolute atomic E-state index is 0.0374. The number of nitrogens with two attached hydrogens (primary N) is 2. The molecule has 2 heterocycles. The van der Waals surface area contributed by atoms with Crippen molar-refractivity contribution in [3.8, 4) is 22.4 Å². The molecule has 134 valence electrons. The van der Waals surface area contributed by atoms with E-state index in [4.69, 9.17) is 22.5 Å². The molecule has 3 rings (SSSR count). The lowest BCUT2D eigenvalue weighted by Gasteiger charge is -2.14. The molecule has 0 amide bonds. The van der Waals surface area contributed by atoms with Gasteiger partial charge in [-0.05, 0) is 55.3 Å². The van der Waals surface area contributed by atoms with Crippen LogP contribution in [0.25, 0.3) is 22.4 Å². The van der Waals surface area contributed by atoms with Gasteiger partial charge in [-0.2, -0.15) is 0 Å². The number of anilines is 1. The van der Waals surface area contributed by atoms with E-state index in [2.05, 4.69) is 9.97 Å². The lowest BCUT2D eigenvalue weighted by molar-refractivity contribution is 0.598. The third-order valence-electron chi connectivity index (χ3n) is 3.95. The van der Waals surface area contributed by atoms with Crippen LogP contribution in [0.3, 0.4) is 0 Å². The highest BCUT2D eigenvalue weighted by atomic mass is 35.5. The van der Waals surface area contributed by atoms with Crippen molar-refractivity contribution in [2.45, 2.75) is 18.7 Å². The molecule has 8 heteroatoms. The Labute approximate surface area is 156 Å². The second-order valence-electron chi connectivity index (χ2n) is 5.97. The summed E-state index contributed by atoms with van der Waals surface area (Å²) in [6.07, 6.45) is 1.59. The number of hydrogen-bond donors (Lipinski definition) is 2. The highest BCUT2D eigenvalue weighted by molar-refractivity contribution is 7.89. The van der Waals surface area contributed by atoms with Gasteiger partial charge >= 0.3 is 0 Å². The van der Waals surface area contributed by atoms with E-state index < -0.39 is 10.0 Å². The lowest BCUT2D eigenvalue weighted by atomic mass is 9.99. The minimum Gasteiger partial charge on any atom is -0.384 e. The van der Waals surface area contributed by atoms with Crippen molar-refractivity contribution < 1.29 is 8.42 Å². The molecule has 0 aliphatic heterocycles. The van der Waals surface area contributed by atoms with Crippen molar-refractivity contribution >= 4 is 27.4 Å². The molecule has 0 fully saturated rings. The standard InChI is InChI=1S/C18H17ClN4O2S/c1-10-6-17(20)22-9-14(10)12-7-13(15-5-3-4-11(2)23-15)18(19)16(8-12)26(21,24)25/h3-9H,1-2H3,(H2,20,22)(H2,21,24,25). The van der Waals surface area contributed by atoms with Gasteiger partial charge in [0.2, 0.25) is 10.0 Å². The Morgan fingerprint density at radius 2 is 1.81 bits per heavy atom. The Morgan fingerprint density at radius 1 is 1.08 bits per heavy atom. The van der Waals surface area contributed by atoms with E-state index in [1.165, 1.54) is 6.07 Å². The number of nitrogens with zero attached hydrogens (tertiary/aromatic N) is 2. The molecule has 6 nitrogen and oxygen atoms in total. The van der Waals surface area contributed by atoms with Crippen LogP contribution in [0, 0.1) is 13.8 Å². The number of nitrogen functional groups attached to an aromatic ring is 1. The van der Waals surface area contributed by atoms with Gasteiger partial charge in [0.05, 0.1) is 10.7 Å². The van der Waals surface area contributed by atoms with Gasteiger partial charge in [-0.1, -0.05) is 17.7 Å². The van der Waals surface area contributed by atoms with Crippen LogP contribution in [0.5, 0.6) is 0 Å².